The van der Waals surface area contributed by atoms with Gasteiger partial charge in [-0.05, 0) is 49.7 Å². The molecule has 0 aliphatic heterocycles. The SMILES string of the molecule is CCOC(=O)c1c(COC(=O)c2cccnc2Oc2cccnc2)nc2ccccc2c1C. The van der Waals surface area contributed by atoms with E-state index in [2.05, 4.69) is 15.0 Å². The Balaban J connectivity index is 1.62. The molecule has 0 amide bonds. The van der Waals surface area contributed by atoms with Crippen molar-refractivity contribution in [2.75, 3.05) is 6.61 Å². The van der Waals surface area contributed by atoms with E-state index in [1.165, 1.54) is 12.4 Å². The molecule has 0 unspecified atom stereocenters. The van der Waals surface area contributed by atoms with Gasteiger partial charge in [0.1, 0.15) is 17.9 Å². The molecule has 0 bridgehead atoms. The monoisotopic (exact) mass is 443 g/mol. The van der Waals surface area contributed by atoms with Crippen LogP contribution in [0.2, 0.25) is 0 Å². The Labute approximate surface area is 190 Å². The van der Waals surface area contributed by atoms with Crippen LogP contribution in [-0.2, 0) is 16.1 Å². The molecule has 8 heteroatoms. The van der Waals surface area contributed by atoms with Gasteiger partial charge in [0, 0.05) is 17.8 Å². The first-order chi connectivity index (χ1) is 16.1. The normalized spacial score (nSPS) is 10.6. The lowest BCUT2D eigenvalue weighted by atomic mass is 10.0. The highest BCUT2D eigenvalue weighted by molar-refractivity contribution is 5.98. The average molecular weight is 443 g/mol. The number of para-hydroxylation sites is 1. The minimum atomic E-state index is -0.663. The van der Waals surface area contributed by atoms with Gasteiger partial charge in [0.2, 0.25) is 5.88 Å². The second kappa shape index (κ2) is 9.86. The van der Waals surface area contributed by atoms with Gasteiger partial charge in [0.25, 0.3) is 0 Å². The Morgan fingerprint density at radius 3 is 2.55 bits per heavy atom. The second-order valence-electron chi connectivity index (χ2n) is 7.02. The van der Waals surface area contributed by atoms with Crippen LogP contribution in [0.1, 0.15) is 38.9 Å². The summed E-state index contributed by atoms with van der Waals surface area (Å²) in [4.78, 5) is 38.2. The van der Waals surface area contributed by atoms with Gasteiger partial charge in [-0.2, -0.15) is 0 Å². The molecule has 4 rings (SSSR count). The highest BCUT2D eigenvalue weighted by Gasteiger charge is 2.22. The number of ether oxygens (including phenoxy) is 3. The smallest absolute Gasteiger partial charge is 0.344 e. The first-order valence-corrected chi connectivity index (χ1v) is 10.3. The van der Waals surface area contributed by atoms with Crippen molar-refractivity contribution < 1.29 is 23.8 Å². The van der Waals surface area contributed by atoms with E-state index >= 15 is 0 Å². The number of benzene rings is 1. The Kier molecular flexibility index (Phi) is 6.54. The van der Waals surface area contributed by atoms with Crippen LogP contribution in [0, 0.1) is 6.92 Å². The predicted octanol–water partition coefficient (Wildman–Crippen LogP) is 4.66. The molecule has 0 N–H and O–H groups in total. The lowest BCUT2D eigenvalue weighted by molar-refractivity contribution is 0.0441. The van der Waals surface area contributed by atoms with E-state index in [0.717, 1.165) is 5.39 Å². The molecule has 3 aromatic heterocycles. The molecular formula is C25H21N3O5. The number of hydrogen-bond acceptors (Lipinski definition) is 8. The molecule has 3 heterocycles. The van der Waals surface area contributed by atoms with Crippen LogP contribution in [-0.4, -0.2) is 33.5 Å². The summed E-state index contributed by atoms with van der Waals surface area (Å²) in [5.74, 6) is -0.656. The summed E-state index contributed by atoms with van der Waals surface area (Å²) in [5, 5.41) is 0.829. The Morgan fingerprint density at radius 1 is 0.939 bits per heavy atom. The molecule has 0 saturated heterocycles. The van der Waals surface area contributed by atoms with E-state index in [1.807, 2.05) is 31.2 Å². The quantitative estimate of drug-likeness (QED) is 0.380. The van der Waals surface area contributed by atoms with Crippen molar-refractivity contribution in [3.63, 3.8) is 0 Å². The fourth-order valence-electron chi connectivity index (χ4n) is 3.38. The fraction of sp³-hybridized carbons (Fsp3) is 0.160. The third-order valence-electron chi connectivity index (χ3n) is 4.89. The fourth-order valence-corrected chi connectivity index (χ4v) is 3.38. The topological polar surface area (TPSA) is 101 Å². The molecule has 8 nitrogen and oxygen atoms in total. The molecule has 0 aliphatic rings. The van der Waals surface area contributed by atoms with Crippen molar-refractivity contribution in [3.8, 4) is 11.6 Å². The molecule has 166 valence electrons. The number of rotatable bonds is 7. The highest BCUT2D eigenvalue weighted by atomic mass is 16.5. The van der Waals surface area contributed by atoms with E-state index in [4.69, 9.17) is 14.2 Å². The highest BCUT2D eigenvalue weighted by Crippen LogP contribution is 2.26. The number of esters is 2. The number of pyridine rings is 3. The van der Waals surface area contributed by atoms with Crippen LogP contribution in [0.15, 0.2) is 67.1 Å². The van der Waals surface area contributed by atoms with E-state index in [-0.39, 0.29) is 24.7 Å². The zero-order chi connectivity index (χ0) is 23.2. The lowest BCUT2D eigenvalue weighted by Gasteiger charge is -2.14. The Morgan fingerprint density at radius 2 is 1.76 bits per heavy atom. The minimum absolute atomic E-state index is 0.0868. The van der Waals surface area contributed by atoms with Gasteiger partial charge in [-0.25, -0.2) is 19.6 Å². The molecule has 0 atom stereocenters. The van der Waals surface area contributed by atoms with Gasteiger partial charge < -0.3 is 14.2 Å². The van der Waals surface area contributed by atoms with Crippen molar-refractivity contribution in [2.24, 2.45) is 0 Å². The molecule has 0 radical (unpaired) electrons. The third-order valence-corrected chi connectivity index (χ3v) is 4.89. The van der Waals surface area contributed by atoms with Crippen LogP contribution < -0.4 is 4.74 Å². The molecule has 33 heavy (non-hydrogen) atoms. The number of fused-ring (bicyclic) bond motifs is 1. The van der Waals surface area contributed by atoms with E-state index in [9.17, 15) is 9.59 Å². The summed E-state index contributed by atoms with van der Waals surface area (Å²) in [6, 6.07) is 14.0. The molecule has 4 aromatic rings. The average Bonchev–Trinajstić information content (AvgIpc) is 2.84. The molecule has 0 aliphatic carbocycles. The zero-order valence-electron chi connectivity index (χ0n) is 18.1. The lowest BCUT2D eigenvalue weighted by Crippen LogP contribution is -2.15. The number of carbonyl (C=O) groups is 2. The van der Waals surface area contributed by atoms with Gasteiger partial charge in [-0.3, -0.25) is 4.98 Å². The summed E-state index contributed by atoms with van der Waals surface area (Å²) in [6.07, 6.45) is 4.63. The van der Waals surface area contributed by atoms with Gasteiger partial charge in [0.05, 0.1) is 29.6 Å². The number of hydrogen-bond donors (Lipinski definition) is 0. The van der Waals surface area contributed by atoms with Crippen molar-refractivity contribution in [1.82, 2.24) is 15.0 Å². The van der Waals surface area contributed by atoms with Crippen molar-refractivity contribution in [1.29, 1.82) is 0 Å². The van der Waals surface area contributed by atoms with Gasteiger partial charge in [-0.1, -0.05) is 18.2 Å². The maximum Gasteiger partial charge on any atom is 0.344 e. The summed E-state index contributed by atoms with van der Waals surface area (Å²) >= 11 is 0. The number of aromatic nitrogens is 3. The van der Waals surface area contributed by atoms with E-state index in [1.54, 1.807) is 37.4 Å². The molecule has 0 fully saturated rings. The van der Waals surface area contributed by atoms with E-state index in [0.29, 0.717) is 28.1 Å². The van der Waals surface area contributed by atoms with Crippen LogP contribution in [0.3, 0.4) is 0 Å². The number of carbonyl (C=O) groups excluding carboxylic acids is 2. The van der Waals surface area contributed by atoms with Crippen LogP contribution in [0.5, 0.6) is 11.6 Å². The summed E-state index contributed by atoms with van der Waals surface area (Å²) in [5.41, 5.74) is 2.15. The summed E-state index contributed by atoms with van der Waals surface area (Å²) < 4.78 is 16.4. The second-order valence-corrected chi connectivity index (χ2v) is 7.02. The maximum atomic E-state index is 12.9. The Hall–Kier alpha value is -4.33. The summed E-state index contributed by atoms with van der Waals surface area (Å²) in [7, 11) is 0. The molecule has 1 aromatic carbocycles. The van der Waals surface area contributed by atoms with Gasteiger partial charge in [0.15, 0.2) is 0 Å². The van der Waals surface area contributed by atoms with Crippen LogP contribution >= 0.6 is 0 Å². The molecular weight excluding hydrogens is 422 g/mol. The number of aryl methyl sites for hydroxylation is 1. The van der Waals surface area contributed by atoms with Crippen molar-refractivity contribution >= 4 is 22.8 Å². The standard InChI is InChI=1S/C25H21N3O5/c1-3-31-25(30)22-16(2)18-9-4-5-11-20(18)28-21(22)15-32-24(29)19-10-7-13-27-23(19)33-17-8-6-12-26-14-17/h4-14H,3,15H2,1-2H3. The van der Waals surface area contributed by atoms with Gasteiger partial charge in [-0.15, -0.1) is 0 Å². The van der Waals surface area contributed by atoms with Crippen LogP contribution in [0.4, 0.5) is 0 Å². The minimum Gasteiger partial charge on any atom is -0.462 e. The predicted molar refractivity (Wildman–Crippen MR) is 120 cm³/mol. The van der Waals surface area contributed by atoms with E-state index < -0.39 is 11.9 Å². The Bertz CT molecular complexity index is 1310. The first-order valence-electron chi connectivity index (χ1n) is 10.3. The third kappa shape index (κ3) is 4.79. The first kappa shape index (κ1) is 21.9. The van der Waals surface area contributed by atoms with Crippen molar-refractivity contribution in [3.05, 3.63) is 89.5 Å². The largest absolute Gasteiger partial charge is 0.462 e. The van der Waals surface area contributed by atoms with Crippen molar-refractivity contribution in [2.45, 2.75) is 20.5 Å². The summed E-state index contributed by atoms with van der Waals surface area (Å²) in [6.45, 7) is 3.55. The van der Waals surface area contributed by atoms with Gasteiger partial charge >= 0.3 is 11.9 Å². The number of nitrogens with zero attached hydrogens (tertiary/aromatic N) is 3. The molecule has 0 spiro atoms. The maximum absolute atomic E-state index is 12.9. The van der Waals surface area contributed by atoms with Crippen LogP contribution in [0.25, 0.3) is 10.9 Å². The molecule has 0 saturated carbocycles. The zero-order valence-corrected chi connectivity index (χ0v) is 18.1.